The van der Waals surface area contributed by atoms with Gasteiger partial charge in [0.25, 0.3) is 0 Å². The van der Waals surface area contributed by atoms with Crippen LogP contribution in [-0.4, -0.2) is 27.5 Å². The summed E-state index contributed by atoms with van der Waals surface area (Å²) in [5.74, 6) is -1.07. The van der Waals surface area contributed by atoms with Crippen molar-refractivity contribution in [1.82, 2.24) is 4.72 Å². The summed E-state index contributed by atoms with van der Waals surface area (Å²) in [4.78, 5) is 12.7. The summed E-state index contributed by atoms with van der Waals surface area (Å²) in [5.41, 5.74) is 1.89. The summed E-state index contributed by atoms with van der Waals surface area (Å²) in [7, 11) is -3.71. The van der Waals surface area contributed by atoms with Gasteiger partial charge in [-0.25, -0.2) is 13.1 Å². The number of ether oxygens (including phenoxy) is 1. The Morgan fingerprint density at radius 2 is 1.79 bits per heavy atom. The fourth-order valence-electron chi connectivity index (χ4n) is 2.50. The van der Waals surface area contributed by atoms with Crippen molar-refractivity contribution < 1.29 is 17.9 Å². The first-order valence-electron chi connectivity index (χ1n) is 8.90. The maximum Gasteiger partial charge on any atom is 0.310 e. The fourth-order valence-corrected chi connectivity index (χ4v) is 3.85. The SMILES string of the molecule is C/C=C\COC(=O)C(CNS(=O)(=O)c1ccc(C)cc1)Cc1ccc(Br)cc1. The normalized spacial score (nSPS) is 12.8. The summed E-state index contributed by atoms with van der Waals surface area (Å²) < 4.78 is 33.8. The minimum atomic E-state index is -3.71. The Morgan fingerprint density at radius 1 is 1.14 bits per heavy atom. The van der Waals surface area contributed by atoms with E-state index < -0.39 is 21.9 Å². The molecule has 0 heterocycles. The van der Waals surface area contributed by atoms with Gasteiger partial charge in [0.1, 0.15) is 6.61 Å². The van der Waals surface area contributed by atoms with Crippen molar-refractivity contribution >= 4 is 31.9 Å². The van der Waals surface area contributed by atoms with E-state index in [1.807, 2.05) is 38.1 Å². The standard InChI is InChI=1S/C21H24BrNO4S/c1-3-4-13-27-21(24)18(14-17-7-9-19(22)10-8-17)15-23-28(25,26)20-11-5-16(2)6-12-20/h3-12,18,23H,13-15H2,1-2H3/b4-3-. The quantitative estimate of drug-likeness (QED) is 0.448. The first-order chi connectivity index (χ1) is 13.3. The van der Waals surface area contributed by atoms with Crippen molar-refractivity contribution in [3.05, 3.63) is 76.3 Å². The number of nitrogens with one attached hydrogen (secondary N) is 1. The van der Waals surface area contributed by atoms with E-state index in [2.05, 4.69) is 20.7 Å². The molecule has 0 aliphatic rings. The molecular formula is C21H24BrNO4S. The Bertz CT molecular complexity index is 906. The summed E-state index contributed by atoms with van der Waals surface area (Å²) in [6, 6.07) is 14.1. The van der Waals surface area contributed by atoms with E-state index in [0.29, 0.717) is 6.42 Å². The zero-order valence-corrected chi connectivity index (χ0v) is 18.3. The number of rotatable bonds is 9. The fraction of sp³-hybridized carbons (Fsp3) is 0.286. The van der Waals surface area contributed by atoms with Crippen LogP contribution in [0.25, 0.3) is 0 Å². The molecule has 0 aromatic heterocycles. The summed E-state index contributed by atoms with van der Waals surface area (Å²) in [6.45, 7) is 3.85. The van der Waals surface area contributed by atoms with Crippen LogP contribution in [0.1, 0.15) is 18.1 Å². The molecule has 1 N–H and O–H groups in total. The smallest absolute Gasteiger partial charge is 0.310 e. The Labute approximate surface area is 175 Å². The van der Waals surface area contributed by atoms with E-state index in [1.54, 1.807) is 36.4 Å². The molecule has 0 aliphatic carbocycles. The molecule has 28 heavy (non-hydrogen) atoms. The second kappa shape index (κ2) is 10.5. The van der Waals surface area contributed by atoms with Crippen molar-refractivity contribution in [2.45, 2.75) is 25.2 Å². The van der Waals surface area contributed by atoms with Gasteiger partial charge >= 0.3 is 5.97 Å². The molecule has 0 fully saturated rings. The molecule has 2 aromatic rings. The predicted octanol–water partition coefficient (Wildman–Crippen LogP) is 4.01. The lowest BCUT2D eigenvalue weighted by atomic mass is 10.00. The largest absolute Gasteiger partial charge is 0.461 e. The van der Waals surface area contributed by atoms with Crippen LogP contribution in [0, 0.1) is 12.8 Å². The van der Waals surface area contributed by atoms with Gasteiger partial charge in [0.05, 0.1) is 10.8 Å². The van der Waals surface area contributed by atoms with Gasteiger partial charge in [0.2, 0.25) is 10.0 Å². The van der Waals surface area contributed by atoms with Gasteiger partial charge in [-0.05, 0) is 50.1 Å². The molecule has 0 amide bonds. The molecule has 2 rings (SSSR count). The highest BCUT2D eigenvalue weighted by molar-refractivity contribution is 9.10. The van der Waals surface area contributed by atoms with Crippen LogP contribution < -0.4 is 4.72 Å². The Morgan fingerprint density at radius 3 is 2.39 bits per heavy atom. The van der Waals surface area contributed by atoms with Crippen molar-refractivity contribution in [3.8, 4) is 0 Å². The number of carbonyl (C=O) groups excluding carboxylic acids is 1. The molecule has 1 unspecified atom stereocenters. The van der Waals surface area contributed by atoms with E-state index in [0.717, 1.165) is 15.6 Å². The minimum absolute atomic E-state index is 0.0407. The number of hydrogen-bond donors (Lipinski definition) is 1. The Kier molecular flexibility index (Phi) is 8.41. The second-order valence-electron chi connectivity index (χ2n) is 6.39. The molecule has 0 spiro atoms. The number of carbonyl (C=O) groups is 1. The van der Waals surface area contributed by atoms with E-state index in [-0.39, 0.29) is 18.0 Å². The van der Waals surface area contributed by atoms with E-state index in [1.165, 1.54) is 0 Å². The Hall–Kier alpha value is -1.96. The predicted molar refractivity (Wildman–Crippen MR) is 113 cm³/mol. The van der Waals surface area contributed by atoms with Gasteiger partial charge < -0.3 is 4.74 Å². The monoisotopic (exact) mass is 465 g/mol. The number of aryl methyl sites for hydroxylation is 1. The van der Waals surface area contributed by atoms with E-state index in [4.69, 9.17) is 4.74 Å². The third kappa shape index (κ3) is 6.89. The van der Waals surface area contributed by atoms with Crippen LogP contribution >= 0.6 is 15.9 Å². The molecule has 150 valence electrons. The third-order valence-corrected chi connectivity index (χ3v) is 6.11. The number of esters is 1. The van der Waals surface area contributed by atoms with Crippen molar-refractivity contribution in [1.29, 1.82) is 0 Å². The number of allylic oxidation sites excluding steroid dienone is 1. The molecule has 5 nitrogen and oxygen atoms in total. The molecule has 0 aliphatic heterocycles. The van der Waals surface area contributed by atoms with Crippen LogP contribution in [-0.2, 0) is 26.0 Å². The molecule has 0 radical (unpaired) electrons. The topological polar surface area (TPSA) is 72.5 Å². The van der Waals surface area contributed by atoms with Gasteiger partial charge in [-0.1, -0.05) is 57.9 Å². The van der Waals surface area contributed by atoms with Gasteiger partial charge in [-0.3, -0.25) is 4.79 Å². The highest BCUT2D eigenvalue weighted by Crippen LogP contribution is 2.16. The zero-order valence-electron chi connectivity index (χ0n) is 15.9. The van der Waals surface area contributed by atoms with Crippen LogP contribution in [0.5, 0.6) is 0 Å². The van der Waals surface area contributed by atoms with Crippen molar-refractivity contribution in [3.63, 3.8) is 0 Å². The molecule has 7 heteroatoms. The number of benzene rings is 2. The minimum Gasteiger partial charge on any atom is -0.461 e. The number of halogens is 1. The van der Waals surface area contributed by atoms with Crippen LogP contribution in [0.15, 0.2) is 70.1 Å². The van der Waals surface area contributed by atoms with Gasteiger partial charge in [0, 0.05) is 11.0 Å². The number of sulfonamides is 1. The highest BCUT2D eigenvalue weighted by atomic mass is 79.9. The van der Waals surface area contributed by atoms with Gasteiger partial charge in [-0.15, -0.1) is 0 Å². The maximum absolute atomic E-state index is 12.5. The summed E-state index contributed by atoms with van der Waals surface area (Å²) in [6.07, 6.45) is 3.89. The second-order valence-corrected chi connectivity index (χ2v) is 9.07. The van der Waals surface area contributed by atoms with Crippen molar-refractivity contribution in [2.24, 2.45) is 5.92 Å². The Balaban J connectivity index is 2.12. The first-order valence-corrected chi connectivity index (χ1v) is 11.2. The first kappa shape index (κ1) is 22.3. The third-order valence-electron chi connectivity index (χ3n) is 4.14. The molecule has 0 saturated carbocycles. The molecule has 1 atom stereocenters. The summed E-state index contributed by atoms with van der Waals surface area (Å²) in [5, 5.41) is 0. The molecule has 0 saturated heterocycles. The van der Waals surface area contributed by atoms with E-state index in [9.17, 15) is 13.2 Å². The molecule has 2 aromatic carbocycles. The lowest BCUT2D eigenvalue weighted by Crippen LogP contribution is -2.35. The highest BCUT2D eigenvalue weighted by Gasteiger charge is 2.24. The lowest BCUT2D eigenvalue weighted by Gasteiger charge is -2.17. The lowest BCUT2D eigenvalue weighted by molar-refractivity contribution is -0.146. The average Bonchev–Trinajstić information content (AvgIpc) is 2.67. The van der Waals surface area contributed by atoms with Crippen LogP contribution in [0.4, 0.5) is 0 Å². The zero-order chi connectivity index (χ0) is 20.6. The molecule has 0 bridgehead atoms. The van der Waals surface area contributed by atoms with Crippen LogP contribution in [0.3, 0.4) is 0 Å². The molecular weight excluding hydrogens is 442 g/mol. The van der Waals surface area contributed by atoms with E-state index >= 15 is 0 Å². The van der Waals surface area contributed by atoms with Gasteiger partial charge in [-0.2, -0.15) is 0 Å². The van der Waals surface area contributed by atoms with Crippen molar-refractivity contribution in [2.75, 3.05) is 13.2 Å². The summed E-state index contributed by atoms with van der Waals surface area (Å²) >= 11 is 3.38. The maximum atomic E-state index is 12.5. The van der Waals surface area contributed by atoms with Gasteiger partial charge in [0.15, 0.2) is 0 Å². The van der Waals surface area contributed by atoms with Crippen LogP contribution in [0.2, 0.25) is 0 Å². The number of hydrogen-bond acceptors (Lipinski definition) is 4. The average molecular weight is 466 g/mol.